The van der Waals surface area contributed by atoms with E-state index in [1.807, 2.05) is 48.7 Å². The van der Waals surface area contributed by atoms with Gasteiger partial charge >= 0.3 is 5.97 Å². The Morgan fingerprint density at radius 2 is 1.93 bits per heavy atom. The second kappa shape index (κ2) is 9.00. The highest BCUT2D eigenvalue weighted by Crippen LogP contribution is 2.34. The minimum atomic E-state index is -0.482. The van der Waals surface area contributed by atoms with Crippen LogP contribution in [0.1, 0.15) is 23.3 Å². The van der Waals surface area contributed by atoms with Crippen molar-refractivity contribution in [3.63, 3.8) is 0 Å². The van der Waals surface area contributed by atoms with Crippen molar-refractivity contribution in [3.8, 4) is 28.3 Å². The van der Waals surface area contributed by atoms with E-state index >= 15 is 0 Å². The summed E-state index contributed by atoms with van der Waals surface area (Å²) >= 11 is 0. The molecule has 0 spiro atoms. The summed E-state index contributed by atoms with van der Waals surface area (Å²) in [6.45, 7) is 0.935. The average Bonchev–Trinajstić information content (AvgIpc) is 3.48. The topological polar surface area (TPSA) is 71.8 Å². The summed E-state index contributed by atoms with van der Waals surface area (Å²) < 4.78 is 23.5. The fourth-order valence-electron chi connectivity index (χ4n) is 3.47. The van der Waals surface area contributed by atoms with Crippen LogP contribution in [0.4, 0.5) is 0 Å². The molecule has 1 fully saturated rings. The number of benzene rings is 2. The van der Waals surface area contributed by atoms with Gasteiger partial charge in [-0.1, -0.05) is 24.3 Å². The van der Waals surface area contributed by atoms with Gasteiger partial charge in [-0.15, -0.1) is 0 Å². The Labute approximate surface area is 175 Å². The van der Waals surface area contributed by atoms with E-state index in [0.29, 0.717) is 23.7 Å². The van der Waals surface area contributed by atoms with Gasteiger partial charge in [-0.05, 0) is 42.7 Å². The van der Waals surface area contributed by atoms with Crippen molar-refractivity contribution in [1.82, 2.24) is 9.78 Å². The van der Waals surface area contributed by atoms with Crippen LogP contribution in [0.5, 0.6) is 11.5 Å². The zero-order chi connectivity index (χ0) is 20.9. The molecule has 3 aromatic rings. The number of aromatic nitrogens is 2. The molecule has 0 bridgehead atoms. The molecule has 0 N–H and O–H groups in total. The smallest absolute Gasteiger partial charge is 0.359 e. The van der Waals surface area contributed by atoms with E-state index in [1.165, 1.54) is 0 Å². The van der Waals surface area contributed by atoms with Crippen LogP contribution in [-0.2, 0) is 9.47 Å². The Balaban J connectivity index is 1.70. The molecule has 0 unspecified atom stereocenters. The molecule has 1 aromatic heterocycles. The van der Waals surface area contributed by atoms with Crippen molar-refractivity contribution < 1.29 is 23.7 Å². The quantitative estimate of drug-likeness (QED) is 0.553. The second-order valence-corrected chi connectivity index (χ2v) is 6.97. The van der Waals surface area contributed by atoms with Crippen molar-refractivity contribution in [2.24, 2.45) is 0 Å². The molecule has 1 aliphatic heterocycles. The van der Waals surface area contributed by atoms with Crippen LogP contribution in [0.25, 0.3) is 16.8 Å². The van der Waals surface area contributed by atoms with Crippen LogP contribution in [0.3, 0.4) is 0 Å². The lowest BCUT2D eigenvalue weighted by atomic mass is 10.1. The minimum absolute atomic E-state index is 0.0466. The van der Waals surface area contributed by atoms with Gasteiger partial charge in [0.25, 0.3) is 0 Å². The van der Waals surface area contributed by atoms with Crippen molar-refractivity contribution in [2.45, 2.75) is 18.9 Å². The number of hydrogen-bond donors (Lipinski definition) is 0. The number of para-hydroxylation sites is 1. The fourth-order valence-corrected chi connectivity index (χ4v) is 3.47. The zero-order valence-corrected chi connectivity index (χ0v) is 17.0. The summed E-state index contributed by atoms with van der Waals surface area (Å²) in [7, 11) is 3.16. The average molecular weight is 408 g/mol. The minimum Gasteiger partial charge on any atom is -0.493 e. The van der Waals surface area contributed by atoms with E-state index in [4.69, 9.17) is 18.9 Å². The highest BCUT2D eigenvalue weighted by atomic mass is 16.6. The van der Waals surface area contributed by atoms with Gasteiger partial charge in [0.15, 0.2) is 17.2 Å². The van der Waals surface area contributed by atoms with Gasteiger partial charge in [0.05, 0.1) is 26.0 Å². The van der Waals surface area contributed by atoms with Crippen LogP contribution in [0, 0.1) is 0 Å². The highest BCUT2D eigenvalue weighted by molar-refractivity contribution is 5.95. The van der Waals surface area contributed by atoms with E-state index in [9.17, 15) is 4.79 Å². The van der Waals surface area contributed by atoms with Gasteiger partial charge in [0, 0.05) is 18.4 Å². The Morgan fingerprint density at radius 3 is 2.63 bits per heavy atom. The van der Waals surface area contributed by atoms with E-state index in [-0.39, 0.29) is 18.4 Å². The van der Waals surface area contributed by atoms with Crippen molar-refractivity contribution in [2.75, 3.05) is 27.4 Å². The Bertz CT molecular complexity index is 1010. The lowest BCUT2D eigenvalue weighted by Crippen LogP contribution is -2.18. The Hall–Kier alpha value is -3.32. The number of ether oxygens (including phenoxy) is 4. The first-order valence-electron chi connectivity index (χ1n) is 9.86. The number of hydrogen-bond acceptors (Lipinski definition) is 6. The summed E-state index contributed by atoms with van der Waals surface area (Å²) in [6, 6.07) is 15.1. The molecule has 4 rings (SSSR count). The third-order valence-corrected chi connectivity index (χ3v) is 5.05. The zero-order valence-electron chi connectivity index (χ0n) is 17.0. The van der Waals surface area contributed by atoms with Crippen LogP contribution < -0.4 is 9.47 Å². The number of carbonyl (C=O) groups is 1. The molecule has 1 saturated heterocycles. The van der Waals surface area contributed by atoms with Gasteiger partial charge in [-0.25, -0.2) is 9.48 Å². The van der Waals surface area contributed by atoms with Gasteiger partial charge in [-0.2, -0.15) is 5.10 Å². The van der Waals surface area contributed by atoms with Crippen LogP contribution >= 0.6 is 0 Å². The second-order valence-electron chi connectivity index (χ2n) is 6.97. The Morgan fingerprint density at radius 1 is 1.13 bits per heavy atom. The monoisotopic (exact) mass is 408 g/mol. The molecule has 0 radical (unpaired) electrons. The van der Waals surface area contributed by atoms with E-state index in [1.54, 1.807) is 25.0 Å². The molecule has 1 aliphatic rings. The predicted octanol–water partition coefficient (Wildman–Crippen LogP) is 3.89. The number of methoxy groups -OCH3 is 2. The fraction of sp³-hybridized carbons (Fsp3) is 0.304. The summed E-state index contributed by atoms with van der Waals surface area (Å²) in [5, 5.41) is 4.53. The Kier molecular flexibility index (Phi) is 5.99. The van der Waals surface area contributed by atoms with Gasteiger partial charge < -0.3 is 18.9 Å². The first-order chi connectivity index (χ1) is 14.7. The van der Waals surface area contributed by atoms with Crippen LogP contribution in [-0.4, -0.2) is 49.3 Å². The van der Waals surface area contributed by atoms with Crippen LogP contribution in [0.15, 0.2) is 54.7 Å². The van der Waals surface area contributed by atoms with Gasteiger partial charge in [-0.3, -0.25) is 0 Å². The lowest BCUT2D eigenvalue weighted by molar-refractivity contribution is 0.0156. The molecule has 30 heavy (non-hydrogen) atoms. The summed E-state index contributed by atoms with van der Waals surface area (Å²) in [4.78, 5) is 12.9. The molecule has 7 nitrogen and oxygen atoms in total. The van der Waals surface area contributed by atoms with Crippen molar-refractivity contribution in [3.05, 3.63) is 60.4 Å². The molecular weight excluding hydrogens is 384 g/mol. The maximum Gasteiger partial charge on any atom is 0.359 e. The molecule has 0 aliphatic carbocycles. The standard InChI is InChI=1S/C23H24N2O5/c1-27-20-11-10-16(13-21(20)28-2)19-14-25(17-7-4-3-5-8-17)24-22(19)23(26)30-15-18-9-6-12-29-18/h3-5,7-8,10-11,13-14,18H,6,9,12,15H2,1-2H3/t18-/m0/s1. The van der Waals surface area contributed by atoms with Crippen LogP contribution in [0.2, 0.25) is 0 Å². The first kappa shape index (κ1) is 20.0. The van der Waals surface area contributed by atoms with E-state index in [2.05, 4.69) is 5.10 Å². The number of esters is 1. The summed E-state index contributed by atoms with van der Waals surface area (Å²) in [5.74, 6) is 0.699. The maximum absolute atomic E-state index is 12.9. The molecule has 2 aromatic carbocycles. The number of rotatable bonds is 7. The third-order valence-electron chi connectivity index (χ3n) is 5.05. The first-order valence-corrected chi connectivity index (χ1v) is 9.86. The van der Waals surface area contributed by atoms with Crippen molar-refractivity contribution in [1.29, 1.82) is 0 Å². The molecule has 0 amide bonds. The largest absolute Gasteiger partial charge is 0.493 e. The molecule has 0 saturated carbocycles. The summed E-state index contributed by atoms with van der Waals surface area (Å²) in [6.07, 6.45) is 3.66. The molecule has 156 valence electrons. The molecule has 2 heterocycles. The number of carbonyl (C=O) groups excluding carboxylic acids is 1. The van der Waals surface area contributed by atoms with E-state index < -0.39 is 5.97 Å². The van der Waals surface area contributed by atoms with Gasteiger partial charge in [0.1, 0.15) is 6.61 Å². The predicted molar refractivity (Wildman–Crippen MR) is 111 cm³/mol. The van der Waals surface area contributed by atoms with Crippen molar-refractivity contribution >= 4 is 5.97 Å². The van der Waals surface area contributed by atoms with Gasteiger partial charge in [0.2, 0.25) is 0 Å². The normalized spacial score (nSPS) is 15.7. The van der Waals surface area contributed by atoms with E-state index in [0.717, 1.165) is 24.1 Å². The molecule has 7 heteroatoms. The summed E-state index contributed by atoms with van der Waals surface area (Å²) in [5.41, 5.74) is 2.51. The third kappa shape index (κ3) is 4.16. The molecule has 1 atom stereocenters. The number of nitrogens with zero attached hydrogens (tertiary/aromatic N) is 2. The lowest BCUT2D eigenvalue weighted by Gasteiger charge is -2.11. The molecular formula is C23H24N2O5. The SMILES string of the molecule is COc1ccc(-c2cn(-c3ccccc3)nc2C(=O)OC[C@@H]2CCCO2)cc1OC. The maximum atomic E-state index is 12.9. The highest BCUT2D eigenvalue weighted by Gasteiger charge is 2.24.